The summed E-state index contributed by atoms with van der Waals surface area (Å²) in [4.78, 5) is 12.6. The van der Waals surface area contributed by atoms with Gasteiger partial charge in [-0.1, -0.05) is 18.2 Å². The van der Waals surface area contributed by atoms with E-state index in [-0.39, 0.29) is 6.04 Å². The first-order chi connectivity index (χ1) is 11.6. The molecule has 6 heteroatoms. The summed E-state index contributed by atoms with van der Waals surface area (Å²) in [5.74, 6) is 0.774. The highest BCUT2D eigenvalue weighted by molar-refractivity contribution is 6.07. The zero-order valence-electron chi connectivity index (χ0n) is 14.0. The summed E-state index contributed by atoms with van der Waals surface area (Å²) in [5.41, 5.74) is 12.0. The summed E-state index contributed by atoms with van der Waals surface area (Å²) in [6, 6.07) is 10.4. The van der Waals surface area contributed by atoms with Crippen LogP contribution in [0.15, 0.2) is 36.7 Å². The Morgan fingerprint density at radius 2 is 2.12 bits per heavy atom. The molecule has 1 atom stereocenters. The molecule has 0 aliphatic rings. The summed E-state index contributed by atoms with van der Waals surface area (Å²) < 4.78 is 2.02. The highest BCUT2D eigenvalue weighted by Crippen LogP contribution is 2.32. The minimum atomic E-state index is 0.00660. The maximum atomic E-state index is 6.01. The number of nitrogens with one attached hydrogen (secondary N) is 2. The molecule has 6 nitrogen and oxygen atoms in total. The van der Waals surface area contributed by atoms with Gasteiger partial charge in [0.05, 0.1) is 11.8 Å². The number of hydrogen-bond donors (Lipinski definition) is 3. The number of fused-ring (bicyclic) bond motifs is 3. The maximum Gasteiger partial charge on any atom is 0.156 e. The Morgan fingerprint density at radius 3 is 2.88 bits per heavy atom. The maximum absolute atomic E-state index is 6.01. The van der Waals surface area contributed by atoms with E-state index in [1.807, 2.05) is 44.0 Å². The Bertz CT molecular complexity index is 1040. The molecule has 0 saturated heterocycles. The normalized spacial score (nSPS) is 12.8. The van der Waals surface area contributed by atoms with Crippen LogP contribution in [0.4, 0.5) is 5.82 Å². The Balaban J connectivity index is 1.97. The Morgan fingerprint density at radius 1 is 1.29 bits per heavy atom. The lowest BCUT2D eigenvalue weighted by Crippen LogP contribution is -2.04. The Kier molecular flexibility index (Phi) is 3.28. The molecule has 0 saturated carbocycles. The van der Waals surface area contributed by atoms with E-state index in [0.29, 0.717) is 0 Å². The van der Waals surface area contributed by atoms with Crippen molar-refractivity contribution in [3.05, 3.63) is 42.2 Å². The molecule has 4 N–H and O–H groups in total. The summed E-state index contributed by atoms with van der Waals surface area (Å²) in [6.45, 7) is 1.99. The number of aromatic nitrogens is 4. The molecule has 1 aromatic carbocycles. The predicted molar refractivity (Wildman–Crippen MR) is 98.0 cm³/mol. The van der Waals surface area contributed by atoms with Crippen LogP contribution in [0, 0.1) is 0 Å². The molecule has 0 bridgehead atoms. The number of aromatic amines is 1. The van der Waals surface area contributed by atoms with E-state index >= 15 is 0 Å². The van der Waals surface area contributed by atoms with Crippen molar-refractivity contribution >= 4 is 27.9 Å². The second-order valence-electron chi connectivity index (χ2n) is 6.12. The molecule has 4 aromatic rings. The molecule has 0 spiro atoms. The Hall–Kier alpha value is -2.86. The van der Waals surface area contributed by atoms with E-state index in [1.54, 1.807) is 0 Å². The smallest absolute Gasteiger partial charge is 0.156 e. The van der Waals surface area contributed by atoms with E-state index in [9.17, 15) is 0 Å². The molecule has 0 amide bonds. The molecular formula is C18H20N6. The molecule has 0 aliphatic carbocycles. The SMILES string of the molecule is CNc1nc2[nH]c(-c3cccc(C(C)N)c3)cc2c2c1ncn2C. The van der Waals surface area contributed by atoms with Gasteiger partial charge in [-0.2, -0.15) is 0 Å². The van der Waals surface area contributed by atoms with E-state index in [2.05, 4.69) is 38.5 Å². The molecule has 0 aliphatic heterocycles. The van der Waals surface area contributed by atoms with E-state index in [4.69, 9.17) is 5.73 Å². The van der Waals surface area contributed by atoms with Crippen LogP contribution < -0.4 is 11.1 Å². The number of benzene rings is 1. The number of pyridine rings is 1. The van der Waals surface area contributed by atoms with E-state index < -0.39 is 0 Å². The number of nitrogens with zero attached hydrogens (tertiary/aromatic N) is 3. The van der Waals surface area contributed by atoms with Crippen molar-refractivity contribution in [1.82, 2.24) is 19.5 Å². The van der Waals surface area contributed by atoms with Crippen molar-refractivity contribution in [3.63, 3.8) is 0 Å². The predicted octanol–water partition coefficient (Wildman–Crippen LogP) is 3.18. The van der Waals surface area contributed by atoms with Crippen molar-refractivity contribution in [2.24, 2.45) is 12.8 Å². The molecule has 1 unspecified atom stereocenters. The van der Waals surface area contributed by atoms with Crippen LogP contribution in [0.25, 0.3) is 33.3 Å². The Labute approximate surface area is 139 Å². The second kappa shape index (κ2) is 5.35. The van der Waals surface area contributed by atoms with E-state index in [1.165, 1.54) is 0 Å². The van der Waals surface area contributed by atoms with Gasteiger partial charge in [-0.15, -0.1) is 0 Å². The van der Waals surface area contributed by atoms with Crippen molar-refractivity contribution < 1.29 is 0 Å². The monoisotopic (exact) mass is 320 g/mol. The van der Waals surface area contributed by atoms with Gasteiger partial charge in [0, 0.05) is 31.2 Å². The fourth-order valence-electron chi connectivity index (χ4n) is 3.12. The first-order valence-electron chi connectivity index (χ1n) is 7.96. The highest BCUT2D eigenvalue weighted by atomic mass is 15.1. The summed E-state index contributed by atoms with van der Waals surface area (Å²) in [7, 11) is 3.86. The topological polar surface area (TPSA) is 84.6 Å². The molecule has 0 fully saturated rings. The highest BCUT2D eigenvalue weighted by Gasteiger charge is 2.15. The number of nitrogens with two attached hydrogens (primary N) is 1. The minimum absolute atomic E-state index is 0.00660. The van der Waals surface area contributed by atoms with Gasteiger partial charge in [0.2, 0.25) is 0 Å². The lowest BCUT2D eigenvalue weighted by atomic mass is 10.0. The van der Waals surface area contributed by atoms with Gasteiger partial charge in [-0.3, -0.25) is 0 Å². The van der Waals surface area contributed by atoms with Crippen LogP contribution in [-0.4, -0.2) is 26.6 Å². The standard InChI is InChI=1S/C18H20N6/c1-10(19)11-5-4-6-12(7-11)14-8-13-16-15(21-9-24(16)3)18(20-2)23-17(13)22-14/h4-10H,19H2,1-3H3,(H2,20,22,23). The van der Waals surface area contributed by atoms with Crippen molar-refractivity contribution in [3.8, 4) is 11.3 Å². The summed E-state index contributed by atoms with van der Waals surface area (Å²) in [6.07, 6.45) is 1.82. The lowest BCUT2D eigenvalue weighted by Gasteiger charge is -2.07. The minimum Gasteiger partial charge on any atom is -0.371 e. The lowest BCUT2D eigenvalue weighted by molar-refractivity contribution is 0.818. The van der Waals surface area contributed by atoms with Gasteiger partial charge in [0.25, 0.3) is 0 Å². The number of imidazole rings is 1. The van der Waals surface area contributed by atoms with Crippen LogP contribution in [0.3, 0.4) is 0 Å². The van der Waals surface area contributed by atoms with E-state index in [0.717, 1.165) is 44.7 Å². The first kappa shape index (κ1) is 14.7. The number of H-pyrrole nitrogens is 1. The van der Waals surface area contributed by atoms with Gasteiger partial charge in [-0.25, -0.2) is 9.97 Å². The van der Waals surface area contributed by atoms with Crippen molar-refractivity contribution in [1.29, 1.82) is 0 Å². The quantitative estimate of drug-likeness (QED) is 0.541. The molecule has 3 aromatic heterocycles. The largest absolute Gasteiger partial charge is 0.371 e. The third-order valence-electron chi connectivity index (χ3n) is 4.40. The molecule has 0 radical (unpaired) electrons. The number of rotatable bonds is 3. The van der Waals surface area contributed by atoms with Gasteiger partial charge in [0.1, 0.15) is 11.2 Å². The fourth-order valence-corrected chi connectivity index (χ4v) is 3.12. The zero-order chi connectivity index (χ0) is 16.8. The zero-order valence-corrected chi connectivity index (χ0v) is 14.0. The van der Waals surface area contributed by atoms with Crippen LogP contribution in [-0.2, 0) is 7.05 Å². The number of anilines is 1. The van der Waals surface area contributed by atoms with Gasteiger partial charge in [-0.05, 0) is 30.2 Å². The first-order valence-corrected chi connectivity index (χ1v) is 7.96. The van der Waals surface area contributed by atoms with Gasteiger partial charge < -0.3 is 20.6 Å². The number of aryl methyl sites for hydroxylation is 1. The summed E-state index contributed by atoms with van der Waals surface area (Å²) in [5, 5.41) is 4.19. The van der Waals surface area contributed by atoms with Crippen LogP contribution in [0.1, 0.15) is 18.5 Å². The van der Waals surface area contributed by atoms with Crippen LogP contribution >= 0.6 is 0 Å². The third kappa shape index (κ3) is 2.15. The molecule has 3 heterocycles. The summed E-state index contributed by atoms with van der Waals surface area (Å²) >= 11 is 0. The molecule has 24 heavy (non-hydrogen) atoms. The van der Waals surface area contributed by atoms with Crippen LogP contribution in [0.2, 0.25) is 0 Å². The van der Waals surface area contributed by atoms with Crippen molar-refractivity contribution in [2.45, 2.75) is 13.0 Å². The fraction of sp³-hybridized carbons (Fsp3) is 0.222. The third-order valence-corrected chi connectivity index (χ3v) is 4.40. The molecular weight excluding hydrogens is 300 g/mol. The number of hydrogen-bond acceptors (Lipinski definition) is 4. The van der Waals surface area contributed by atoms with Crippen molar-refractivity contribution in [2.75, 3.05) is 12.4 Å². The van der Waals surface area contributed by atoms with Crippen LogP contribution in [0.5, 0.6) is 0 Å². The average Bonchev–Trinajstić information content (AvgIpc) is 3.17. The molecule has 4 rings (SSSR count). The molecule has 122 valence electrons. The average molecular weight is 320 g/mol. The van der Waals surface area contributed by atoms with Gasteiger partial charge in [0.15, 0.2) is 5.82 Å². The van der Waals surface area contributed by atoms with Gasteiger partial charge >= 0.3 is 0 Å². The second-order valence-corrected chi connectivity index (χ2v) is 6.12.